The van der Waals surface area contributed by atoms with Crippen LogP contribution in [0.4, 0.5) is 0 Å². The van der Waals surface area contributed by atoms with Gasteiger partial charge >= 0.3 is 0 Å². The normalized spacial score (nSPS) is 12.1. The Morgan fingerprint density at radius 1 is 1.65 bits per heavy atom. The number of methoxy groups -OCH3 is 1. The zero-order chi connectivity index (χ0) is 14.5. The van der Waals surface area contributed by atoms with Crippen molar-refractivity contribution in [2.75, 3.05) is 13.7 Å². The maximum absolute atomic E-state index is 11.8. The zero-order valence-electron chi connectivity index (χ0n) is 11.5. The van der Waals surface area contributed by atoms with Crippen molar-refractivity contribution in [3.8, 4) is 5.75 Å². The number of benzene rings is 1. The van der Waals surface area contributed by atoms with Crippen LogP contribution in [-0.4, -0.2) is 34.8 Å². The van der Waals surface area contributed by atoms with Gasteiger partial charge in [-0.25, -0.2) is 4.98 Å². The molecule has 0 aliphatic heterocycles. The molecule has 0 radical (unpaired) electrons. The van der Waals surface area contributed by atoms with Gasteiger partial charge in [-0.3, -0.25) is 4.79 Å². The van der Waals surface area contributed by atoms with E-state index in [-0.39, 0.29) is 11.2 Å². The van der Waals surface area contributed by atoms with E-state index in [1.165, 1.54) is 11.8 Å². The summed E-state index contributed by atoms with van der Waals surface area (Å²) in [5, 5.41) is 3.26. The summed E-state index contributed by atoms with van der Waals surface area (Å²) in [6.07, 6.45) is 1.66. The van der Waals surface area contributed by atoms with Crippen LogP contribution in [0.2, 0.25) is 0 Å². The van der Waals surface area contributed by atoms with Gasteiger partial charge in [-0.15, -0.1) is 6.58 Å². The molecular weight excluding hydrogens is 274 g/mol. The average Bonchev–Trinajstić information content (AvgIpc) is 2.85. The summed E-state index contributed by atoms with van der Waals surface area (Å²) in [6, 6.07) is 5.63. The number of hydrogen-bond acceptors (Lipinski definition) is 4. The van der Waals surface area contributed by atoms with E-state index in [0.29, 0.717) is 6.54 Å². The Balaban J connectivity index is 2.09. The van der Waals surface area contributed by atoms with Gasteiger partial charge in [-0.05, 0) is 19.1 Å². The number of aromatic nitrogens is 2. The van der Waals surface area contributed by atoms with Gasteiger partial charge in [0.05, 0.1) is 23.4 Å². The summed E-state index contributed by atoms with van der Waals surface area (Å²) in [6.45, 7) is 5.89. The third kappa shape index (κ3) is 3.33. The summed E-state index contributed by atoms with van der Waals surface area (Å²) in [7, 11) is 1.62. The number of rotatable bonds is 6. The van der Waals surface area contributed by atoms with Gasteiger partial charge in [0.15, 0.2) is 5.16 Å². The molecular formula is C14H17N3O2S. The van der Waals surface area contributed by atoms with Crippen molar-refractivity contribution >= 4 is 28.7 Å². The van der Waals surface area contributed by atoms with Crippen molar-refractivity contribution in [3.63, 3.8) is 0 Å². The number of fused-ring (bicyclic) bond motifs is 1. The van der Waals surface area contributed by atoms with Crippen LogP contribution in [0.3, 0.4) is 0 Å². The molecule has 1 aromatic heterocycles. The third-order valence-corrected chi connectivity index (χ3v) is 3.73. The molecule has 0 aliphatic carbocycles. The fraction of sp³-hybridized carbons (Fsp3) is 0.286. The monoisotopic (exact) mass is 291 g/mol. The second-order valence-corrected chi connectivity index (χ2v) is 5.55. The molecule has 1 heterocycles. The molecule has 20 heavy (non-hydrogen) atoms. The highest BCUT2D eigenvalue weighted by Gasteiger charge is 2.15. The molecule has 1 unspecified atom stereocenters. The Morgan fingerprint density at radius 2 is 2.45 bits per heavy atom. The van der Waals surface area contributed by atoms with Crippen molar-refractivity contribution in [2.24, 2.45) is 0 Å². The predicted molar refractivity (Wildman–Crippen MR) is 81.2 cm³/mol. The minimum atomic E-state index is -0.225. The van der Waals surface area contributed by atoms with Crippen LogP contribution in [0.5, 0.6) is 5.75 Å². The molecule has 0 spiro atoms. The van der Waals surface area contributed by atoms with Gasteiger partial charge in [0, 0.05) is 12.6 Å². The summed E-state index contributed by atoms with van der Waals surface area (Å²) < 4.78 is 5.17. The molecule has 2 rings (SSSR count). The van der Waals surface area contributed by atoms with Crippen LogP contribution < -0.4 is 10.1 Å². The Kier molecular flexibility index (Phi) is 4.68. The molecule has 0 aliphatic rings. The lowest BCUT2D eigenvalue weighted by molar-refractivity contribution is -0.120. The van der Waals surface area contributed by atoms with Crippen LogP contribution in [0.15, 0.2) is 36.0 Å². The quantitative estimate of drug-likeness (QED) is 0.633. The topological polar surface area (TPSA) is 67.0 Å². The Hall–Kier alpha value is -1.95. The van der Waals surface area contributed by atoms with E-state index < -0.39 is 0 Å². The van der Waals surface area contributed by atoms with Crippen molar-refractivity contribution in [1.29, 1.82) is 0 Å². The molecule has 0 fully saturated rings. The molecule has 0 bridgehead atoms. The number of imidazole rings is 1. The Bertz CT molecular complexity index is 624. The van der Waals surface area contributed by atoms with E-state index >= 15 is 0 Å². The third-order valence-electron chi connectivity index (χ3n) is 2.75. The standard InChI is InChI=1S/C14H17N3O2S/c1-4-7-15-13(18)9(2)20-14-16-11-6-5-10(19-3)8-12(11)17-14/h4-6,8-9H,1,7H2,2-3H3,(H,15,18)(H,16,17). The van der Waals surface area contributed by atoms with E-state index in [0.717, 1.165) is 21.9 Å². The number of nitrogens with zero attached hydrogens (tertiary/aromatic N) is 1. The van der Waals surface area contributed by atoms with E-state index in [1.54, 1.807) is 13.2 Å². The van der Waals surface area contributed by atoms with Gasteiger partial charge in [-0.2, -0.15) is 0 Å². The van der Waals surface area contributed by atoms with Gasteiger partial charge < -0.3 is 15.0 Å². The lowest BCUT2D eigenvalue weighted by atomic mass is 10.3. The van der Waals surface area contributed by atoms with Crippen LogP contribution in [0.25, 0.3) is 11.0 Å². The van der Waals surface area contributed by atoms with Crippen molar-refractivity contribution in [2.45, 2.75) is 17.3 Å². The fourth-order valence-corrected chi connectivity index (χ4v) is 2.53. The van der Waals surface area contributed by atoms with Crippen molar-refractivity contribution in [1.82, 2.24) is 15.3 Å². The van der Waals surface area contributed by atoms with Crippen molar-refractivity contribution in [3.05, 3.63) is 30.9 Å². The second kappa shape index (κ2) is 6.47. The first-order valence-corrected chi connectivity index (χ1v) is 7.11. The van der Waals surface area contributed by atoms with Gasteiger partial charge in [-0.1, -0.05) is 17.8 Å². The van der Waals surface area contributed by atoms with Gasteiger partial charge in [0.2, 0.25) is 5.91 Å². The van der Waals surface area contributed by atoms with E-state index in [2.05, 4.69) is 21.9 Å². The number of nitrogens with one attached hydrogen (secondary N) is 2. The molecule has 1 atom stereocenters. The molecule has 2 aromatic rings. The molecule has 106 valence electrons. The van der Waals surface area contributed by atoms with Crippen LogP contribution in [0.1, 0.15) is 6.92 Å². The van der Waals surface area contributed by atoms with Crippen LogP contribution >= 0.6 is 11.8 Å². The molecule has 1 aromatic carbocycles. The molecule has 5 nitrogen and oxygen atoms in total. The number of carbonyl (C=O) groups excluding carboxylic acids is 1. The number of aromatic amines is 1. The lowest BCUT2D eigenvalue weighted by Crippen LogP contribution is -2.30. The molecule has 0 saturated heterocycles. The van der Waals surface area contributed by atoms with E-state index in [9.17, 15) is 4.79 Å². The van der Waals surface area contributed by atoms with Gasteiger partial charge in [0.25, 0.3) is 0 Å². The minimum Gasteiger partial charge on any atom is -0.497 e. The van der Waals surface area contributed by atoms with Crippen LogP contribution in [0, 0.1) is 0 Å². The first kappa shape index (κ1) is 14.5. The van der Waals surface area contributed by atoms with E-state index in [1.807, 2.05) is 25.1 Å². The summed E-state index contributed by atoms with van der Waals surface area (Å²) in [5.41, 5.74) is 1.75. The lowest BCUT2D eigenvalue weighted by Gasteiger charge is -2.08. The molecule has 0 saturated carbocycles. The summed E-state index contributed by atoms with van der Waals surface area (Å²) >= 11 is 1.39. The highest BCUT2D eigenvalue weighted by atomic mass is 32.2. The SMILES string of the molecule is C=CCNC(=O)C(C)Sc1nc2ccc(OC)cc2[nH]1. The predicted octanol–water partition coefficient (Wildman–Crippen LogP) is 2.35. The number of amides is 1. The first-order chi connectivity index (χ1) is 9.63. The number of ether oxygens (including phenoxy) is 1. The van der Waals surface area contributed by atoms with E-state index in [4.69, 9.17) is 4.74 Å². The maximum Gasteiger partial charge on any atom is 0.233 e. The molecule has 1 amide bonds. The first-order valence-electron chi connectivity index (χ1n) is 6.23. The maximum atomic E-state index is 11.8. The second-order valence-electron chi connectivity index (χ2n) is 4.22. The minimum absolute atomic E-state index is 0.0343. The number of carbonyl (C=O) groups is 1. The highest BCUT2D eigenvalue weighted by molar-refractivity contribution is 8.00. The van der Waals surface area contributed by atoms with Gasteiger partial charge in [0.1, 0.15) is 5.75 Å². The molecule has 6 heteroatoms. The Morgan fingerprint density at radius 3 is 3.15 bits per heavy atom. The summed E-state index contributed by atoms with van der Waals surface area (Å²) in [4.78, 5) is 19.4. The number of H-pyrrole nitrogens is 1. The number of thioether (sulfide) groups is 1. The van der Waals surface area contributed by atoms with Crippen molar-refractivity contribution < 1.29 is 9.53 Å². The van der Waals surface area contributed by atoms with Crippen LogP contribution in [-0.2, 0) is 4.79 Å². The zero-order valence-corrected chi connectivity index (χ0v) is 12.3. The Labute approximate surface area is 121 Å². The molecule has 2 N–H and O–H groups in total. The largest absolute Gasteiger partial charge is 0.497 e. The number of hydrogen-bond donors (Lipinski definition) is 2. The highest BCUT2D eigenvalue weighted by Crippen LogP contribution is 2.25. The summed E-state index contributed by atoms with van der Waals surface area (Å²) in [5.74, 6) is 0.738. The fourth-order valence-electron chi connectivity index (χ4n) is 1.69. The average molecular weight is 291 g/mol. The smallest absolute Gasteiger partial charge is 0.233 e.